The van der Waals surface area contributed by atoms with E-state index in [2.05, 4.69) is 5.16 Å². The molecule has 1 aliphatic heterocycles. The van der Waals surface area contributed by atoms with Crippen LogP contribution in [0.1, 0.15) is 6.42 Å². The molecule has 0 spiro atoms. The number of hydrogen-bond donors (Lipinski definition) is 1. The lowest BCUT2D eigenvalue weighted by Crippen LogP contribution is -2.26. The third-order valence-corrected chi connectivity index (χ3v) is 3.82. The van der Waals surface area contributed by atoms with Gasteiger partial charge in [-0.2, -0.15) is 13.2 Å². The zero-order valence-corrected chi connectivity index (χ0v) is 14.2. The van der Waals surface area contributed by atoms with Gasteiger partial charge in [-0.1, -0.05) is 5.16 Å². The van der Waals surface area contributed by atoms with Crippen LogP contribution in [-0.4, -0.2) is 61.6 Å². The lowest BCUT2D eigenvalue weighted by molar-refractivity contribution is -0.156. The highest BCUT2D eigenvalue weighted by atomic mass is 19.4. The van der Waals surface area contributed by atoms with Gasteiger partial charge >= 0.3 is 12.3 Å². The number of rotatable bonds is 7. The molecule has 1 unspecified atom stereocenters. The maximum absolute atomic E-state index is 12.2. The largest absolute Gasteiger partial charge is 0.491 e. The third kappa shape index (κ3) is 4.61. The zero-order valence-electron chi connectivity index (χ0n) is 14.2. The van der Waals surface area contributed by atoms with Crippen molar-refractivity contribution >= 4 is 22.9 Å². The van der Waals surface area contributed by atoms with E-state index in [0.29, 0.717) is 5.39 Å². The number of aliphatic hydroxyl groups excluding tert-OH is 1. The number of aliphatic hydroxyl groups is 1. The van der Waals surface area contributed by atoms with E-state index in [9.17, 15) is 23.1 Å². The van der Waals surface area contributed by atoms with E-state index in [1.807, 2.05) is 0 Å². The Labute approximate surface area is 151 Å². The number of carbonyl (C=O) groups is 1. The molecule has 1 amide bonds. The van der Waals surface area contributed by atoms with E-state index in [4.69, 9.17) is 18.7 Å². The van der Waals surface area contributed by atoms with E-state index < -0.39 is 37.5 Å². The zero-order chi connectivity index (χ0) is 19.6. The molecule has 3 rings (SSSR count). The highest BCUT2D eigenvalue weighted by Gasteiger charge is 2.35. The van der Waals surface area contributed by atoms with Crippen molar-refractivity contribution in [2.75, 3.05) is 31.8 Å². The van der Waals surface area contributed by atoms with E-state index in [1.165, 1.54) is 24.1 Å². The summed E-state index contributed by atoms with van der Waals surface area (Å²) in [7, 11) is 1.50. The Bertz CT molecular complexity index is 809. The Morgan fingerprint density at radius 1 is 1.44 bits per heavy atom. The number of hydrogen-bond acceptors (Lipinski definition) is 7. The molecule has 0 aliphatic carbocycles. The number of aromatic nitrogens is 1. The highest BCUT2D eigenvalue weighted by molar-refractivity contribution is 5.99. The minimum absolute atomic E-state index is 0.202. The minimum Gasteiger partial charge on any atom is -0.491 e. The molecule has 27 heavy (non-hydrogen) atoms. The Kier molecular flexibility index (Phi) is 5.42. The summed E-state index contributed by atoms with van der Waals surface area (Å²) in [4.78, 5) is 13.3. The van der Waals surface area contributed by atoms with Gasteiger partial charge in [-0.25, -0.2) is 4.79 Å². The van der Waals surface area contributed by atoms with Gasteiger partial charge in [0, 0.05) is 13.2 Å². The summed E-state index contributed by atoms with van der Waals surface area (Å²) in [6.07, 6.45) is -8.52. The Morgan fingerprint density at radius 2 is 2.22 bits per heavy atom. The summed E-state index contributed by atoms with van der Waals surface area (Å²) in [5, 5.41) is 13.7. The number of methoxy groups -OCH3 is 1. The Morgan fingerprint density at radius 3 is 2.93 bits per heavy atom. The molecule has 0 bridgehead atoms. The summed E-state index contributed by atoms with van der Waals surface area (Å²) >= 11 is 0. The molecule has 8 nitrogen and oxygen atoms in total. The normalized spacial score (nSPS) is 18.8. The van der Waals surface area contributed by atoms with Crippen molar-refractivity contribution in [3.8, 4) is 5.75 Å². The molecular weight excluding hydrogens is 373 g/mol. The molecule has 2 aromatic rings. The lowest BCUT2D eigenvalue weighted by atomic mass is 10.2. The molecule has 0 radical (unpaired) electrons. The van der Waals surface area contributed by atoms with Crippen LogP contribution >= 0.6 is 0 Å². The molecule has 1 aliphatic rings. The number of cyclic esters (lactones) is 1. The van der Waals surface area contributed by atoms with E-state index in [-0.39, 0.29) is 30.3 Å². The Hall–Kier alpha value is -2.53. The van der Waals surface area contributed by atoms with E-state index in [0.717, 1.165) is 0 Å². The number of anilines is 1. The van der Waals surface area contributed by atoms with Gasteiger partial charge in [0.05, 0.1) is 31.1 Å². The number of benzene rings is 1. The first-order chi connectivity index (χ1) is 12.8. The van der Waals surface area contributed by atoms with E-state index >= 15 is 0 Å². The number of halogens is 3. The van der Waals surface area contributed by atoms with E-state index in [1.54, 1.807) is 6.07 Å². The average Bonchev–Trinajstić information content (AvgIpc) is 3.14. The second-order valence-electron chi connectivity index (χ2n) is 6.02. The number of amides is 1. The van der Waals surface area contributed by atoms with Gasteiger partial charge in [-0.3, -0.25) is 4.90 Å². The molecule has 2 atom stereocenters. The fourth-order valence-corrected chi connectivity index (χ4v) is 2.67. The smallest absolute Gasteiger partial charge is 0.416 e. The molecule has 148 valence electrons. The monoisotopic (exact) mass is 390 g/mol. The standard InChI is InChI=1S/C16H17F3N2O6/c1-24-8-11-6-21(15(23)26-11)14-12-3-2-10(4-13(12)27-20-14)25-7-9(22)5-16(17,18)19/h2-4,9,11,22H,5-8H2,1H3/t9?,11-/m0/s1. The third-order valence-electron chi connectivity index (χ3n) is 3.82. The lowest BCUT2D eigenvalue weighted by Gasteiger charge is -2.14. The van der Waals surface area contributed by atoms with Crippen molar-refractivity contribution in [3.63, 3.8) is 0 Å². The minimum atomic E-state index is -4.47. The van der Waals surface area contributed by atoms with Crippen molar-refractivity contribution in [2.45, 2.75) is 24.8 Å². The van der Waals surface area contributed by atoms with Crippen LogP contribution in [0.15, 0.2) is 22.7 Å². The summed E-state index contributed by atoms with van der Waals surface area (Å²) in [5.41, 5.74) is 0.274. The van der Waals surface area contributed by atoms with Crippen molar-refractivity contribution in [1.82, 2.24) is 5.16 Å². The summed E-state index contributed by atoms with van der Waals surface area (Å²) in [5.74, 6) is 0.463. The molecule has 11 heteroatoms. The van der Waals surface area contributed by atoms with Gasteiger partial charge in [0.1, 0.15) is 18.5 Å². The molecule has 1 aromatic heterocycles. The first kappa shape index (κ1) is 19.2. The van der Waals surface area contributed by atoms with Gasteiger partial charge in [0.15, 0.2) is 11.4 Å². The second kappa shape index (κ2) is 7.61. The van der Waals surface area contributed by atoms with Crippen LogP contribution in [0.4, 0.5) is 23.8 Å². The number of ether oxygens (including phenoxy) is 3. The molecule has 1 saturated heterocycles. The van der Waals surface area contributed by atoms with Crippen LogP contribution in [0.5, 0.6) is 5.75 Å². The van der Waals surface area contributed by atoms with Gasteiger partial charge in [-0.05, 0) is 12.1 Å². The fraction of sp³-hybridized carbons (Fsp3) is 0.500. The first-order valence-corrected chi connectivity index (χ1v) is 8.01. The number of carbonyl (C=O) groups excluding carboxylic acids is 1. The molecular formula is C16H17F3N2O6. The maximum Gasteiger partial charge on any atom is 0.416 e. The number of fused-ring (bicyclic) bond motifs is 1. The SMILES string of the molecule is COC[C@@H]1CN(c2noc3cc(OCC(O)CC(F)(F)F)ccc23)C(=O)O1. The van der Waals surface area contributed by atoms with Crippen LogP contribution in [0.2, 0.25) is 0 Å². The first-order valence-electron chi connectivity index (χ1n) is 8.01. The van der Waals surface area contributed by atoms with Crippen LogP contribution in [-0.2, 0) is 9.47 Å². The fourth-order valence-electron chi connectivity index (χ4n) is 2.67. The molecule has 1 aromatic carbocycles. The predicted molar refractivity (Wildman–Crippen MR) is 85.7 cm³/mol. The summed E-state index contributed by atoms with van der Waals surface area (Å²) in [6.45, 7) is -0.0321. The highest BCUT2D eigenvalue weighted by Crippen LogP contribution is 2.32. The van der Waals surface area contributed by atoms with Gasteiger partial charge < -0.3 is 23.8 Å². The van der Waals surface area contributed by atoms with Gasteiger partial charge in [0.2, 0.25) is 0 Å². The second-order valence-corrected chi connectivity index (χ2v) is 6.02. The van der Waals surface area contributed by atoms with Crippen LogP contribution in [0, 0.1) is 0 Å². The molecule has 1 fully saturated rings. The molecule has 1 N–H and O–H groups in total. The Balaban J connectivity index is 1.69. The van der Waals surface area contributed by atoms with Crippen LogP contribution in [0.25, 0.3) is 11.0 Å². The van der Waals surface area contributed by atoms with Crippen molar-refractivity contribution in [2.24, 2.45) is 0 Å². The summed E-state index contributed by atoms with van der Waals surface area (Å²) in [6, 6.07) is 4.46. The van der Waals surface area contributed by atoms with Gasteiger partial charge in [-0.15, -0.1) is 0 Å². The molecule has 0 saturated carbocycles. The van der Waals surface area contributed by atoms with Gasteiger partial charge in [0.25, 0.3) is 0 Å². The summed E-state index contributed by atoms with van der Waals surface area (Å²) < 4.78 is 57.1. The van der Waals surface area contributed by atoms with Crippen molar-refractivity contribution < 1.29 is 41.8 Å². The van der Waals surface area contributed by atoms with Crippen LogP contribution < -0.4 is 9.64 Å². The average molecular weight is 390 g/mol. The number of nitrogens with zero attached hydrogens (tertiary/aromatic N) is 2. The topological polar surface area (TPSA) is 94.3 Å². The van der Waals surface area contributed by atoms with Crippen molar-refractivity contribution in [3.05, 3.63) is 18.2 Å². The van der Waals surface area contributed by atoms with Crippen LogP contribution in [0.3, 0.4) is 0 Å². The quantitative estimate of drug-likeness (QED) is 0.776. The molecule has 2 heterocycles. The predicted octanol–water partition coefficient (Wildman–Crippen LogP) is 2.49. The van der Waals surface area contributed by atoms with Crippen molar-refractivity contribution in [1.29, 1.82) is 0 Å². The maximum atomic E-state index is 12.2. The number of alkyl halides is 3.